The Morgan fingerprint density at radius 3 is 2.44 bits per heavy atom. The van der Waals surface area contributed by atoms with E-state index in [0.717, 1.165) is 11.3 Å². The summed E-state index contributed by atoms with van der Waals surface area (Å²) in [6, 6.07) is 9.35. The van der Waals surface area contributed by atoms with Gasteiger partial charge in [-0.1, -0.05) is 44.2 Å². The number of carbonyl (C=O) groups excluding carboxylic acids is 1. The van der Waals surface area contributed by atoms with E-state index in [0.29, 0.717) is 31.7 Å². The summed E-state index contributed by atoms with van der Waals surface area (Å²) in [7, 11) is 3.21. The number of nitrogens with zero attached hydrogens (tertiary/aromatic N) is 3. The summed E-state index contributed by atoms with van der Waals surface area (Å²) in [5.74, 6) is -0.311. The first-order valence-electron chi connectivity index (χ1n) is 11.8. The van der Waals surface area contributed by atoms with Gasteiger partial charge in [0.2, 0.25) is 5.91 Å². The molecule has 1 saturated heterocycles. The van der Waals surface area contributed by atoms with Crippen LogP contribution in [0.1, 0.15) is 49.4 Å². The molecule has 1 aromatic carbocycles. The number of hydrogen-bond donors (Lipinski definition) is 1. The second kappa shape index (κ2) is 9.21. The van der Waals surface area contributed by atoms with E-state index in [4.69, 9.17) is 0 Å². The number of alkyl halides is 3. The fraction of sp³-hybridized carbons (Fsp3) is 0.538. The van der Waals surface area contributed by atoms with Crippen molar-refractivity contribution in [3.05, 3.63) is 59.3 Å². The van der Waals surface area contributed by atoms with Gasteiger partial charge in [-0.3, -0.25) is 4.79 Å². The number of benzene rings is 1. The molecule has 2 atom stereocenters. The Morgan fingerprint density at radius 2 is 1.85 bits per heavy atom. The second-order valence-electron chi connectivity index (χ2n) is 10.2. The van der Waals surface area contributed by atoms with Crippen molar-refractivity contribution in [1.82, 2.24) is 14.8 Å². The number of hydrogen-bond acceptors (Lipinski definition) is 4. The molecule has 5 nitrogen and oxygen atoms in total. The number of piperidine rings is 1. The van der Waals surface area contributed by atoms with Crippen LogP contribution >= 0.6 is 0 Å². The van der Waals surface area contributed by atoms with Crippen molar-refractivity contribution in [2.45, 2.75) is 56.8 Å². The van der Waals surface area contributed by atoms with Crippen molar-refractivity contribution in [2.24, 2.45) is 5.92 Å². The zero-order valence-corrected chi connectivity index (χ0v) is 20.2. The lowest BCUT2D eigenvalue weighted by molar-refractivity contribution is -0.191. The van der Waals surface area contributed by atoms with Crippen molar-refractivity contribution in [3.63, 3.8) is 0 Å². The summed E-state index contributed by atoms with van der Waals surface area (Å²) in [6.45, 7) is 5.75. The van der Waals surface area contributed by atoms with Crippen LogP contribution in [-0.4, -0.2) is 60.1 Å². The monoisotopic (exact) mass is 474 g/mol. The predicted octanol–water partition coefficient (Wildman–Crippen LogP) is 4.80. The van der Waals surface area contributed by atoms with Gasteiger partial charge >= 0.3 is 6.18 Å². The van der Waals surface area contributed by atoms with Crippen LogP contribution in [0.15, 0.2) is 42.6 Å². The van der Waals surface area contributed by atoms with E-state index in [9.17, 15) is 18.0 Å². The lowest BCUT2D eigenvalue weighted by Gasteiger charge is -2.35. The van der Waals surface area contributed by atoms with Crippen LogP contribution in [0.3, 0.4) is 0 Å². The maximum absolute atomic E-state index is 14.1. The lowest BCUT2D eigenvalue weighted by atomic mass is 9.83. The third-order valence-electron chi connectivity index (χ3n) is 7.54. The number of amides is 1. The second-order valence-corrected chi connectivity index (χ2v) is 10.2. The van der Waals surface area contributed by atoms with Crippen LogP contribution < -0.4 is 5.32 Å². The van der Waals surface area contributed by atoms with Crippen LogP contribution in [-0.2, 0) is 16.6 Å². The molecule has 2 heterocycles. The first kappa shape index (κ1) is 24.5. The van der Waals surface area contributed by atoms with Gasteiger partial charge < -0.3 is 15.1 Å². The number of pyridine rings is 1. The van der Waals surface area contributed by atoms with E-state index in [1.54, 1.807) is 6.07 Å². The molecule has 2 aliphatic rings. The third kappa shape index (κ3) is 4.78. The highest BCUT2D eigenvalue weighted by Gasteiger charge is 2.46. The van der Waals surface area contributed by atoms with E-state index in [-0.39, 0.29) is 22.9 Å². The maximum atomic E-state index is 14.1. The lowest BCUT2D eigenvalue weighted by Crippen LogP contribution is -2.45. The average molecular weight is 475 g/mol. The Kier molecular flexibility index (Phi) is 6.64. The summed E-state index contributed by atoms with van der Waals surface area (Å²) >= 11 is 0. The number of likely N-dealkylation sites (tertiary alicyclic amines) is 1. The Morgan fingerprint density at radius 1 is 1.18 bits per heavy atom. The summed E-state index contributed by atoms with van der Waals surface area (Å²) in [4.78, 5) is 20.2. The van der Waals surface area contributed by atoms with Crippen LogP contribution in [0.4, 0.5) is 19.0 Å². The molecule has 1 aliphatic heterocycles. The molecule has 34 heavy (non-hydrogen) atoms. The smallest absolute Gasteiger partial charge is 0.366 e. The van der Waals surface area contributed by atoms with Crippen molar-refractivity contribution in [2.75, 3.05) is 32.5 Å². The molecule has 1 fully saturated rings. The zero-order valence-electron chi connectivity index (χ0n) is 20.2. The standard InChI is InChI=1S/C26H33F3N4O/c1-25(2)20-8-6-5-7-18(20)15-21(25)31-22-10-9-19(16-30-22)23(26(27,28)29)33(4)24(34)17-11-13-32(3)14-12-17/h5-10,16-17,21,23H,11-15H2,1-4H3,(H,30,31)/t21?,23-/m0/s1. The van der Waals surface area contributed by atoms with Gasteiger partial charge in [0.05, 0.1) is 0 Å². The van der Waals surface area contributed by atoms with Gasteiger partial charge in [-0.15, -0.1) is 0 Å². The average Bonchev–Trinajstić information content (AvgIpc) is 3.04. The highest BCUT2D eigenvalue weighted by Crippen LogP contribution is 2.41. The van der Waals surface area contributed by atoms with E-state index in [2.05, 4.69) is 41.2 Å². The van der Waals surface area contributed by atoms with Gasteiger partial charge in [0.1, 0.15) is 5.82 Å². The molecule has 1 aliphatic carbocycles. The summed E-state index contributed by atoms with van der Waals surface area (Å²) in [6.07, 6.45) is -1.38. The minimum atomic E-state index is -4.60. The molecular weight excluding hydrogens is 441 g/mol. The number of nitrogens with one attached hydrogen (secondary N) is 1. The number of rotatable bonds is 5. The Hall–Kier alpha value is -2.61. The van der Waals surface area contributed by atoms with Gasteiger partial charge in [-0.2, -0.15) is 13.2 Å². The summed E-state index contributed by atoms with van der Waals surface area (Å²) in [5, 5.41) is 3.41. The molecule has 0 bridgehead atoms. The number of halogens is 3. The number of fused-ring (bicyclic) bond motifs is 1. The first-order valence-corrected chi connectivity index (χ1v) is 11.8. The highest BCUT2D eigenvalue weighted by atomic mass is 19.4. The van der Waals surface area contributed by atoms with Crippen molar-refractivity contribution in [3.8, 4) is 0 Å². The molecule has 1 amide bonds. The van der Waals surface area contributed by atoms with Crippen molar-refractivity contribution < 1.29 is 18.0 Å². The quantitative estimate of drug-likeness (QED) is 0.677. The van der Waals surface area contributed by atoms with E-state index in [1.807, 2.05) is 19.2 Å². The molecule has 0 spiro atoms. The van der Waals surface area contributed by atoms with E-state index < -0.39 is 18.1 Å². The van der Waals surface area contributed by atoms with Gasteiger partial charge in [-0.25, -0.2) is 4.98 Å². The molecule has 0 radical (unpaired) electrons. The Labute approximate surface area is 199 Å². The van der Waals surface area contributed by atoms with Gasteiger partial charge in [0.25, 0.3) is 0 Å². The Balaban J connectivity index is 1.50. The Bertz CT molecular complexity index is 1010. The molecule has 4 rings (SSSR count). The summed E-state index contributed by atoms with van der Waals surface area (Å²) < 4.78 is 42.2. The largest absolute Gasteiger partial charge is 0.413 e. The first-order chi connectivity index (χ1) is 16.0. The van der Waals surface area contributed by atoms with Crippen LogP contribution in [0, 0.1) is 5.92 Å². The van der Waals surface area contributed by atoms with Gasteiger partial charge in [0.15, 0.2) is 6.04 Å². The number of aromatic nitrogens is 1. The third-order valence-corrected chi connectivity index (χ3v) is 7.54. The maximum Gasteiger partial charge on any atom is 0.413 e. The van der Waals surface area contributed by atoms with Gasteiger partial charge in [0, 0.05) is 36.2 Å². The molecule has 0 saturated carbocycles. The highest BCUT2D eigenvalue weighted by molar-refractivity contribution is 5.79. The molecule has 8 heteroatoms. The molecule has 1 aromatic heterocycles. The van der Waals surface area contributed by atoms with Crippen molar-refractivity contribution >= 4 is 11.7 Å². The van der Waals surface area contributed by atoms with Crippen LogP contribution in [0.25, 0.3) is 0 Å². The molecular formula is C26H33F3N4O. The molecule has 184 valence electrons. The SMILES string of the molecule is CN1CCC(C(=O)N(C)[C@@H](c2ccc(NC3Cc4ccccc4C3(C)C)nc2)C(F)(F)F)CC1. The summed E-state index contributed by atoms with van der Waals surface area (Å²) in [5.41, 5.74) is 2.38. The van der Waals surface area contributed by atoms with Gasteiger partial charge in [-0.05, 0) is 56.6 Å². The fourth-order valence-electron chi connectivity index (χ4n) is 5.35. The van der Waals surface area contributed by atoms with Crippen LogP contribution in [0.2, 0.25) is 0 Å². The number of anilines is 1. The zero-order chi connectivity index (χ0) is 24.7. The predicted molar refractivity (Wildman–Crippen MR) is 127 cm³/mol. The van der Waals surface area contributed by atoms with Crippen molar-refractivity contribution in [1.29, 1.82) is 0 Å². The molecule has 2 aromatic rings. The van der Waals surface area contributed by atoms with E-state index in [1.165, 1.54) is 30.4 Å². The topological polar surface area (TPSA) is 48.5 Å². The molecule has 1 N–H and O–H groups in total. The minimum Gasteiger partial charge on any atom is -0.366 e. The normalized spacial score (nSPS) is 21.7. The number of carbonyl (C=O) groups is 1. The molecule has 1 unspecified atom stereocenters. The van der Waals surface area contributed by atoms with Crippen LogP contribution in [0.5, 0.6) is 0 Å². The fourth-order valence-corrected chi connectivity index (χ4v) is 5.35. The van der Waals surface area contributed by atoms with E-state index >= 15 is 0 Å². The minimum absolute atomic E-state index is 0.0317.